The molecule has 10 heteroatoms. The van der Waals surface area contributed by atoms with Crippen molar-refractivity contribution in [2.24, 2.45) is 0 Å². The van der Waals surface area contributed by atoms with E-state index in [1.165, 1.54) is 11.1 Å². The maximum Gasteiger partial charge on any atom is 0.341 e. The van der Waals surface area contributed by atoms with Crippen molar-refractivity contribution < 1.29 is 19.0 Å². The first-order chi connectivity index (χ1) is 24.7. The Bertz CT molecular complexity index is 1990. The van der Waals surface area contributed by atoms with Crippen LogP contribution in [0.2, 0.25) is 20.1 Å². The van der Waals surface area contributed by atoms with E-state index in [0.717, 1.165) is 11.1 Å². The Hall–Kier alpha value is -4.07. The second kappa shape index (κ2) is 14.7. The van der Waals surface area contributed by atoms with Gasteiger partial charge in [0, 0.05) is 17.0 Å². The van der Waals surface area contributed by atoms with E-state index in [0.29, 0.717) is 35.7 Å². The molecule has 3 aromatic carbocycles. The van der Waals surface area contributed by atoms with Crippen LogP contribution < -0.4 is 20.1 Å². The zero-order valence-electron chi connectivity index (χ0n) is 29.8. The summed E-state index contributed by atoms with van der Waals surface area (Å²) in [7, 11) is 3.24. The van der Waals surface area contributed by atoms with E-state index in [4.69, 9.17) is 60.6 Å². The molecule has 2 unspecified atom stereocenters. The monoisotopic (exact) mass is 776 g/mol. The predicted octanol–water partition coefficient (Wildman–Crippen LogP) is 11.3. The summed E-state index contributed by atoms with van der Waals surface area (Å²) >= 11 is 27.2. The molecule has 2 aliphatic carbocycles. The Morgan fingerprint density at radius 3 is 1.50 bits per heavy atom. The number of allylic oxidation sites excluding steroid dienone is 4. The summed E-state index contributed by atoms with van der Waals surface area (Å²) in [5, 5.41) is 7.53. The van der Waals surface area contributed by atoms with Crippen LogP contribution in [0.15, 0.2) is 108 Å². The molecule has 6 nitrogen and oxygen atoms in total. The summed E-state index contributed by atoms with van der Waals surface area (Å²) < 4.78 is 17.5. The molecule has 3 aliphatic rings. The van der Waals surface area contributed by atoms with Crippen molar-refractivity contribution in [3.63, 3.8) is 0 Å². The van der Waals surface area contributed by atoms with Crippen LogP contribution in [-0.2, 0) is 10.3 Å². The topological polar surface area (TPSA) is 68.8 Å². The number of cyclic esters (lactones) is 1. The fourth-order valence-electron chi connectivity index (χ4n) is 6.49. The Labute approximate surface area is 325 Å². The van der Waals surface area contributed by atoms with Gasteiger partial charge in [-0.3, -0.25) is 0 Å². The van der Waals surface area contributed by atoms with Crippen molar-refractivity contribution in [1.82, 2.24) is 10.6 Å². The minimum atomic E-state index is -1.65. The molecule has 2 N–H and O–H groups in total. The number of fused-ring (bicyclic) bond motifs is 1. The second-order valence-corrected chi connectivity index (χ2v) is 15.3. The van der Waals surface area contributed by atoms with Gasteiger partial charge in [0.05, 0.1) is 51.0 Å². The number of halogens is 4. The number of benzene rings is 3. The van der Waals surface area contributed by atoms with Crippen LogP contribution in [0.3, 0.4) is 0 Å². The standard InChI is InChI=1S/C42H40Cl4N2O4/c1-25-15-19-40(3,20-16-25)47-31(27-7-11-29(50-5)12-8-27)23-42(34-33(39(49)52-42)35(43)37(45)38(46)36(34)44)24-32(28-9-13-30(51-6)14-10-28)48-41(4)21-17-26(2)18-22-41/h7-19,21,23-24,47-48H,20,22H2,1-6H3. The number of hydrogen-bond donors (Lipinski definition) is 2. The highest BCUT2D eigenvalue weighted by molar-refractivity contribution is 6.53. The van der Waals surface area contributed by atoms with E-state index in [2.05, 4.69) is 74.8 Å². The smallest absolute Gasteiger partial charge is 0.341 e. The molecule has 0 saturated heterocycles. The van der Waals surface area contributed by atoms with Gasteiger partial charge in [0.2, 0.25) is 0 Å². The fourth-order valence-corrected chi connectivity index (χ4v) is 7.57. The van der Waals surface area contributed by atoms with Crippen molar-refractivity contribution in [1.29, 1.82) is 0 Å². The lowest BCUT2D eigenvalue weighted by molar-refractivity contribution is 0.0298. The van der Waals surface area contributed by atoms with Crippen LogP contribution in [0, 0.1) is 0 Å². The van der Waals surface area contributed by atoms with E-state index < -0.39 is 22.6 Å². The van der Waals surface area contributed by atoms with Gasteiger partial charge in [-0.25, -0.2) is 4.79 Å². The van der Waals surface area contributed by atoms with Crippen molar-refractivity contribution in [3.05, 3.63) is 151 Å². The quantitative estimate of drug-likeness (QED) is 0.121. The van der Waals surface area contributed by atoms with Gasteiger partial charge in [0.15, 0.2) is 5.60 Å². The van der Waals surface area contributed by atoms with E-state index in [-0.39, 0.29) is 31.2 Å². The van der Waals surface area contributed by atoms with Crippen LogP contribution in [0.25, 0.3) is 11.4 Å². The number of esters is 1. The third kappa shape index (κ3) is 7.53. The third-order valence-corrected chi connectivity index (χ3v) is 11.4. The molecule has 6 rings (SSSR count). The Balaban J connectivity index is 1.66. The molecule has 0 bridgehead atoms. The number of hydrogen-bond acceptors (Lipinski definition) is 6. The molecular weight excluding hydrogens is 738 g/mol. The summed E-state index contributed by atoms with van der Waals surface area (Å²) in [5.41, 5.74) is 2.96. The minimum Gasteiger partial charge on any atom is -0.497 e. The molecule has 0 amide bonds. The molecule has 0 spiro atoms. The second-order valence-electron chi connectivity index (χ2n) is 13.8. The zero-order valence-corrected chi connectivity index (χ0v) is 32.8. The van der Waals surface area contributed by atoms with Gasteiger partial charge >= 0.3 is 5.97 Å². The summed E-state index contributed by atoms with van der Waals surface area (Å²) in [5.74, 6) is 0.691. The Kier molecular flexibility index (Phi) is 10.7. The molecule has 1 heterocycles. The number of rotatable bonds is 10. The minimum absolute atomic E-state index is 0.0139. The predicted molar refractivity (Wildman–Crippen MR) is 214 cm³/mol. The number of ether oxygens (including phenoxy) is 3. The normalized spacial score (nSPS) is 24.2. The molecular formula is C42H40Cl4N2O4. The first-order valence-electron chi connectivity index (χ1n) is 16.8. The summed E-state index contributed by atoms with van der Waals surface area (Å²) in [6, 6.07) is 15.3. The van der Waals surface area contributed by atoms with Crippen LogP contribution in [0.1, 0.15) is 67.6 Å². The highest BCUT2D eigenvalue weighted by Crippen LogP contribution is 2.53. The first kappa shape index (κ1) is 37.7. The average molecular weight is 779 g/mol. The summed E-state index contributed by atoms with van der Waals surface area (Å²) in [6.07, 6.45) is 17.9. The van der Waals surface area contributed by atoms with Crippen molar-refractivity contribution in [2.45, 2.75) is 57.2 Å². The number of carbonyl (C=O) groups is 1. The first-order valence-corrected chi connectivity index (χ1v) is 18.3. The maximum absolute atomic E-state index is 14.1. The number of methoxy groups -OCH3 is 2. The lowest BCUT2D eigenvalue weighted by Crippen LogP contribution is -2.41. The maximum atomic E-state index is 14.1. The van der Waals surface area contributed by atoms with Crippen molar-refractivity contribution in [2.75, 3.05) is 14.2 Å². The van der Waals surface area contributed by atoms with Crippen LogP contribution in [0.5, 0.6) is 11.5 Å². The lowest BCUT2D eigenvalue weighted by atomic mass is 9.85. The third-order valence-electron chi connectivity index (χ3n) is 9.61. The molecule has 2 atom stereocenters. The van der Waals surface area contributed by atoms with E-state index in [9.17, 15) is 4.79 Å². The highest BCUT2D eigenvalue weighted by atomic mass is 35.5. The van der Waals surface area contributed by atoms with Crippen LogP contribution in [0.4, 0.5) is 0 Å². The van der Waals surface area contributed by atoms with Gasteiger partial charge in [-0.05, 0) is 112 Å². The van der Waals surface area contributed by atoms with Gasteiger partial charge in [0.25, 0.3) is 0 Å². The van der Waals surface area contributed by atoms with Gasteiger partial charge < -0.3 is 24.8 Å². The average Bonchev–Trinajstić information content (AvgIpc) is 3.42. The lowest BCUT2D eigenvalue weighted by Gasteiger charge is -2.35. The van der Waals surface area contributed by atoms with E-state index in [1.54, 1.807) is 14.2 Å². The molecule has 0 radical (unpaired) electrons. The summed E-state index contributed by atoms with van der Waals surface area (Å²) in [4.78, 5) is 14.1. The van der Waals surface area contributed by atoms with E-state index in [1.807, 2.05) is 60.7 Å². The van der Waals surface area contributed by atoms with E-state index >= 15 is 0 Å². The fraction of sp³-hybridized carbons (Fsp3) is 0.262. The SMILES string of the molecule is COc1ccc(C(=CC2(C=C(NC3(C)C=CC(C)=CC3)c3ccc(OC)cc3)OC(=O)c3c(Cl)c(Cl)c(Cl)c(Cl)c32)NC2(C)C=CC(C)=CC2)cc1. The van der Waals surface area contributed by atoms with Gasteiger partial charge in [-0.2, -0.15) is 0 Å². The zero-order chi connectivity index (χ0) is 37.4. The molecule has 0 saturated carbocycles. The molecule has 270 valence electrons. The molecule has 1 aliphatic heterocycles. The number of carbonyl (C=O) groups excluding carboxylic acids is 1. The largest absolute Gasteiger partial charge is 0.497 e. The van der Waals surface area contributed by atoms with Gasteiger partial charge in [-0.15, -0.1) is 0 Å². The summed E-state index contributed by atoms with van der Waals surface area (Å²) in [6.45, 7) is 8.35. The molecule has 52 heavy (non-hydrogen) atoms. The Morgan fingerprint density at radius 2 is 1.12 bits per heavy atom. The molecule has 0 fully saturated rings. The Morgan fingerprint density at radius 1 is 0.692 bits per heavy atom. The van der Waals surface area contributed by atoms with Gasteiger partial charge in [0.1, 0.15) is 11.5 Å². The van der Waals surface area contributed by atoms with Crippen molar-refractivity contribution >= 4 is 63.8 Å². The highest BCUT2D eigenvalue weighted by Gasteiger charge is 2.49. The van der Waals surface area contributed by atoms with Crippen molar-refractivity contribution in [3.8, 4) is 11.5 Å². The molecule has 0 aromatic heterocycles. The van der Waals surface area contributed by atoms with Crippen LogP contribution >= 0.6 is 46.4 Å². The van der Waals surface area contributed by atoms with Crippen LogP contribution in [-0.4, -0.2) is 31.3 Å². The molecule has 3 aromatic rings. The van der Waals surface area contributed by atoms with Gasteiger partial charge in [-0.1, -0.05) is 94.0 Å². The number of nitrogens with one attached hydrogen (secondary N) is 2.